The van der Waals surface area contributed by atoms with Crippen LogP contribution < -0.4 is 0 Å². The summed E-state index contributed by atoms with van der Waals surface area (Å²) in [5.41, 5.74) is 4.47. The highest BCUT2D eigenvalue weighted by atomic mass is 16.5. The Morgan fingerprint density at radius 1 is 1.08 bits per heavy atom. The van der Waals surface area contributed by atoms with E-state index in [1.165, 1.54) is 34.9 Å². The molecule has 2 heterocycles. The topological polar surface area (TPSA) is 65.6 Å². The van der Waals surface area contributed by atoms with Crippen LogP contribution in [-0.4, -0.2) is 45.7 Å². The first-order valence-electron chi connectivity index (χ1n) is 13.8. The number of fused-ring (bicyclic) bond motifs is 1. The number of nitrogens with one attached hydrogen (secondary N) is 1. The van der Waals surface area contributed by atoms with E-state index in [0.717, 1.165) is 70.0 Å². The zero-order chi connectivity index (χ0) is 24.8. The molecule has 0 radical (unpaired) electrons. The lowest BCUT2D eigenvalue weighted by atomic mass is 9.92. The van der Waals surface area contributed by atoms with Crippen molar-refractivity contribution < 1.29 is 14.6 Å². The van der Waals surface area contributed by atoms with Crippen molar-refractivity contribution in [3.63, 3.8) is 0 Å². The van der Waals surface area contributed by atoms with E-state index in [1.54, 1.807) is 0 Å². The number of aromatic amines is 1. The Hall–Kier alpha value is -2.63. The minimum atomic E-state index is -0.450. The number of carbonyl (C=O) groups excluding carboxylic acids is 1. The lowest BCUT2D eigenvalue weighted by Crippen LogP contribution is -2.32. The van der Waals surface area contributed by atoms with Crippen LogP contribution in [0.3, 0.4) is 0 Å². The van der Waals surface area contributed by atoms with E-state index in [0.29, 0.717) is 19.1 Å². The molecule has 2 aliphatic rings. The fourth-order valence-corrected chi connectivity index (χ4v) is 6.12. The molecule has 36 heavy (non-hydrogen) atoms. The first-order valence-corrected chi connectivity index (χ1v) is 13.8. The minimum Gasteiger partial charge on any atom is -0.461 e. The van der Waals surface area contributed by atoms with Gasteiger partial charge >= 0.3 is 5.97 Å². The van der Waals surface area contributed by atoms with Crippen LogP contribution in [0.1, 0.15) is 74.5 Å². The molecule has 0 unspecified atom stereocenters. The van der Waals surface area contributed by atoms with Crippen molar-refractivity contribution in [2.75, 3.05) is 13.1 Å². The van der Waals surface area contributed by atoms with Crippen molar-refractivity contribution in [2.45, 2.75) is 88.9 Å². The largest absolute Gasteiger partial charge is 0.461 e. The summed E-state index contributed by atoms with van der Waals surface area (Å²) in [4.78, 5) is 18.2. The SMILES string of the molecule is O=C(CCCN1CCC[C@@H]1Cc1c[nH]c2ccc(CCC3(O)CCCC3)cc12)OCc1ccccc1. The number of hydrogen-bond donors (Lipinski definition) is 2. The van der Waals surface area contributed by atoms with Gasteiger partial charge in [-0.3, -0.25) is 4.79 Å². The van der Waals surface area contributed by atoms with Gasteiger partial charge in [-0.15, -0.1) is 0 Å². The van der Waals surface area contributed by atoms with Gasteiger partial charge in [0.25, 0.3) is 0 Å². The van der Waals surface area contributed by atoms with E-state index in [2.05, 4.69) is 34.3 Å². The Kier molecular flexibility index (Phi) is 8.08. The number of hydrogen-bond acceptors (Lipinski definition) is 4. The zero-order valence-corrected chi connectivity index (χ0v) is 21.4. The minimum absolute atomic E-state index is 0.110. The maximum absolute atomic E-state index is 12.2. The molecule has 2 N–H and O–H groups in total. The molecule has 1 saturated heterocycles. The second-order valence-corrected chi connectivity index (χ2v) is 10.9. The van der Waals surface area contributed by atoms with E-state index in [-0.39, 0.29) is 5.97 Å². The van der Waals surface area contributed by atoms with Crippen molar-refractivity contribution in [3.8, 4) is 0 Å². The Morgan fingerprint density at radius 3 is 2.75 bits per heavy atom. The summed E-state index contributed by atoms with van der Waals surface area (Å²) in [5.74, 6) is -0.110. The summed E-state index contributed by atoms with van der Waals surface area (Å²) in [6.07, 6.45) is 13.0. The maximum atomic E-state index is 12.2. The number of ether oxygens (including phenoxy) is 1. The Morgan fingerprint density at radius 2 is 1.92 bits per heavy atom. The number of likely N-dealkylation sites (tertiary alicyclic amines) is 1. The Bertz CT molecular complexity index is 1130. The molecule has 3 aromatic rings. The van der Waals surface area contributed by atoms with E-state index in [4.69, 9.17) is 4.74 Å². The molecular formula is C31H40N2O3. The van der Waals surface area contributed by atoms with Crippen molar-refractivity contribution >= 4 is 16.9 Å². The van der Waals surface area contributed by atoms with Gasteiger partial charge in [-0.05, 0) is 93.3 Å². The van der Waals surface area contributed by atoms with Gasteiger partial charge in [0.1, 0.15) is 6.61 Å². The predicted octanol–water partition coefficient (Wildman–Crippen LogP) is 5.94. The Labute approximate surface area is 214 Å². The number of aromatic nitrogens is 1. The first kappa shape index (κ1) is 25.0. The normalized spacial score (nSPS) is 19.8. The zero-order valence-electron chi connectivity index (χ0n) is 21.4. The van der Waals surface area contributed by atoms with Crippen molar-refractivity contribution in [1.29, 1.82) is 0 Å². The third-order valence-corrected chi connectivity index (χ3v) is 8.27. The van der Waals surface area contributed by atoms with Crippen LogP contribution in [0, 0.1) is 0 Å². The average molecular weight is 489 g/mol. The summed E-state index contributed by atoms with van der Waals surface area (Å²) >= 11 is 0. The van der Waals surface area contributed by atoms with Crippen LogP contribution in [0.15, 0.2) is 54.7 Å². The third kappa shape index (κ3) is 6.37. The van der Waals surface area contributed by atoms with E-state index >= 15 is 0 Å². The summed E-state index contributed by atoms with van der Waals surface area (Å²) in [5, 5.41) is 12.1. The van der Waals surface area contributed by atoms with Crippen molar-refractivity contribution in [1.82, 2.24) is 9.88 Å². The van der Waals surface area contributed by atoms with Crippen molar-refractivity contribution in [3.05, 3.63) is 71.4 Å². The summed E-state index contributed by atoms with van der Waals surface area (Å²) in [7, 11) is 0. The Balaban J connectivity index is 1.12. The van der Waals surface area contributed by atoms with Gasteiger partial charge in [-0.1, -0.05) is 49.2 Å². The number of H-pyrrole nitrogens is 1. The maximum Gasteiger partial charge on any atom is 0.306 e. The number of rotatable bonds is 11. The average Bonchev–Trinajstić information content (AvgIpc) is 3.63. The van der Waals surface area contributed by atoms with Gasteiger partial charge in [0, 0.05) is 29.6 Å². The highest BCUT2D eigenvalue weighted by Crippen LogP contribution is 2.34. The predicted molar refractivity (Wildman–Crippen MR) is 144 cm³/mol. The van der Waals surface area contributed by atoms with Crippen LogP contribution in [-0.2, 0) is 29.0 Å². The summed E-state index contributed by atoms with van der Waals surface area (Å²) in [6, 6.07) is 17.1. The molecule has 0 spiro atoms. The molecule has 5 nitrogen and oxygen atoms in total. The van der Waals surface area contributed by atoms with Gasteiger partial charge < -0.3 is 19.7 Å². The highest BCUT2D eigenvalue weighted by Gasteiger charge is 2.30. The quantitative estimate of drug-likeness (QED) is 0.328. The molecule has 1 aromatic heterocycles. The van der Waals surface area contributed by atoms with Gasteiger partial charge in [0.2, 0.25) is 0 Å². The lowest BCUT2D eigenvalue weighted by Gasteiger charge is -2.24. The molecule has 1 aliphatic carbocycles. The molecular weight excluding hydrogens is 448 g/mol. The molecule has 192 valence electrons. The molecule has 1 saturated carbocycles. The smallest absolute Gasteiger partial charge is 0.306 e. The monoisotopic (exact) mass is 488 g/mol. The van der Waals surface area contributed by atoms with Crippen LogP contribution in [0.5, 0.6) is 0 Å². The van der Waals surface area contributed by atoms with Gasteiger partial charge in [-0.25, -0.2) is 0 Å². The van der Waals surface area contributed by atoms with E-state index < -0.39 is 5.60 Å². The van der Waals surface area contributed by atoms with Crippen LogP contribution in [0.2, 0.25) is 0 Å². The van der Waals surface area contributed by atoms with Gasteiger partial charge in [-0.2, -0.15) is 0 Å². The standard InChI is InChI=1S/C31H40N2O3/c34-30(36-23-25-8-2-1-3-9-25)11-7-19-33-18-6-10-27(33)21-26-22-32-29-13-12-24(20-28(26)29)14-17-31(35)15-4-5-16-31/h1-3,8-9,12-13,20,22,27,32,35H,4-7,10-11,14-19,21,23H2/t27-/m1/s1. The number of benzene rings is 2. The lowest BCUT2D eigenvalue weighted by molar-refractivity contribution is -0.145. The second kappa shape index (κ2) is 11.6. The van der Waals surface area contributed by atoms with Crippen LogP contribution >= 0.6 is 0 Å². The van der Waals surface area contributed by atoms with Crippen molar-refractivity contribution in [2.24, 2.45) is 0 Å². The molecule has 1 atom stereocenters. The van der Waals surface area contributed by atoms with E-state index in [1.807, 2.05) is 30.3 Å². The number of aliphatic hydroxyl groups is 1. The summed E-state index contributed by atoms with van der Waals surface area (Å²) in [6.45, 7) is 2.40. The number of aryl methyl sites for hydroxylation is 1. The van der Waals surface area contributed by atoms with Gasteiger partial charge in [0.05, 0.1) is 5.60 Å². The number of esters is 1. The third-order valence-electron chi connectivity index (χ3n) is 8.27. The molecule has 2 aromatic carbocycles. The first-order chi connectivity index (χ1) is 17.6. The molecule has 1 aliphatic heterocycles. The molecule has 0 bridgehead atoms. The fourth-order valence-electron chi connectivity index (χ4n) is 6.12. The molecule has 2 fully saturated rings. The number of nitrogens with zero attached hydrogens (tertiary/aromatic N) is 1. The van der Waals surface area contributed by atoms with Gasteiger partial charge in [0.15, 0.2) is 0 Å². The molecule has 0 amide bonds. The second-order valence-electron chi connectivity index (χ2n) is 10.9. The molecule has 5 rings (SSSR count). The highest BCUT2D eigenvalue weighted by molar-refractivity contribution is 5.84. The summed E-state index contributed by atoms with van der Waals surface area (Å²) < 4.78 is 5.45. The fraction of sp³-hybridized carbons (Fsp3) is 0.516. The van der Waals surface area contributed by atoms with E-state index in [9.17, 15) is 9.90 Å². The van der Waals surface area contributed by atoms with Crippen LogP contribution in [0.25, 0.3) is 10.9 Å². The van der Waals surface area contributed by atoms with Crippen LogP contribution in [0.4, 0.5) is 0 Å². The molecule has 5 heteroatoms. The number of carbonyl (C=O) groups is 1.